The zero-order valence-electron chi connectivity index (χ0n) is 8.65. The SMILES string of the molecule is N#Cc1cc(Br)cc(Oc2ccc(Cl)cc2)c1. The van der Waals surface area contributed by atoms with Crippen LogP contribution >= 0.6 is 27.5 Å². The molecule has 0 radical (unpaired) electrons. The summed E-state index contributed by atoms with van der Waals surface area (Å²) in [4.78, 5) is 0. The van der Waals surface area contributed by atoms with Crippen molar-refractivity contribution in [1.82, 2.24) is 0 Å². The first kappa shape index (κ1) is 12.0. The average Bonchev–Trinajstić information content (AvgIpc) is 2.31. The molecule has 2 rings (SSSR count). The fraction of sp³-hybridized carbons (Fsp3) is 0. The van der Waals surface area contributed by atoms with Crippen molar-refractivity contribution in [2.45, 2.75) is 0 Å². The van der Waals surface area contributed by atoms with E-state index in [0.29, 0.717) is 22.1 Å². The smallest absolute Gasteiger partial charge is 0.129 e. The van der Waals surface area contributed by atoms with E-state index in [2.05, 4.69) is 22.0 Å². The molecule has 0 unspecified atom stereocenters. The van der Waals surface area contributed by atoms with Gasteiger partial charge in [0.1, 0.15) is 11.5 Å². The third-order valence-corrected chi connectivity index (χ3v) is 2.76. The summed E-state index contributed by atoms with van der Waals surface area (Å²) in [5.74, 6) is 1.29. The van der Waals surface area contributed by atoms with Crippen LogP contribution in [0.4, 0.5) is 0 Å². The van der Waals surface area contributed by atoms with Crippen LogP contribution < -0.4 is 4.74 Å². The molecule has 0 N–H and O–H groups in total. The normalized spacial score (nSPS) is 9.71. The molecule has 0 fully saturated rings. The highest BCUT2D eigenvalue weighted by molar-refractivity contribution is 9.10. The molecule has 0 saturated heterocycles. The molecule has 0 atom stereocenters. The maximum atomic E-state index is 8.85. The molecule has 0 saturated carbocycles. The molecular formula is C13H7BrClNO. The van der Waals surface area contributed by atoms with Crippen molar-refractivity contribution in [3.8, 4) is 17.6 Å². The highest BCUT2D eigenvalue weighted by Gasteiger charge is 2.01. The van der Waals surface area contributed by atoms with E-state index >= 15 is 0 Å². The van der Waals surface area contributed by atoms with Crippen LogP contribution in [-0.4, -0.2) is 0 Å². The molecule has 0 amide bonds. The van der Waals surface area contributed by atoms with Crippen molar-refractivity contribution < 1.29 is 4.74 Å². The second kappa shape index (κ2) is 5.22. The molecule has 2 aromatic rings. The lowest BCUT2D eigenvalue weighted by Gasteiger charge is -2.06. The van der Waals surface area contributed by atoms with E-state index in [0.717, 1.165) is 4.47 Å². The van der Waals surface area contributed by atoms with Gasteiger partial charge in [0.15, 0.2) is 0 Å². The molecule has 0 heterocycles. The van der Waals surface area contributed by atoms with Gasteiger partial charge in [-0.05, 0) is 42.5 Å². The highest BCUT2D eigenvalue weighted by atomic mass is 79.9. The Balaban J connectivity index is 2.27. The predicted octanol–water partition coefficient (Wildman–Crippen LogP) is 4.77. The molecule has 0 aliphatic carbocycles. The minimum Gasteiger partial charge on any atom is -0.457 e. The third kappa shape index (κ3) is 3.23. The predicted molar refractivity (Wildman–Crippen MR) is 70.4 cm³/mol. The zero-order valence-corrected chi connectivity index (χ0v) is 11.0. The summed E-state index contributed by atoms with van der Waals surface area (Å²) in [7, 11) is 0. The van der Waals surface area contributed by atoms with Crippen molar-refractivity contribution in [3.63, 3.8) is 0 Å². The summed E-state index contributed by atoms with van der Waals surface area (Å²) in [5.41, 5.74) is 0.545. The van der Waals surface area contributed by atoms with Crippen LogP contribution in [0.15, 0.2) is 46.9 Å². The topological polar surface area (TPSA) is 33.0 Å². The maximum Gasteiger partial charge on any atom is 0.129 e. The summed E-state index contributed by atoms with van der Waals surface area (Å²) in [5, 5.41) is 9.50. The van der Waals surface area contributed by atoms with Gasteiger partial charge in [-0.3, -0.25) is 0 Å². The van der Waals surface area contributed by atoms with E-state index in [-0.39, 0.29) is 0 Å². The van der Waals surface area contributed by atoms with Gasteiger partial charge in [-0.15, -0.1) is 0 Å². The van der Waals surface area contributed by atoms with E-state index in [1.54, 1.807) is 42.5 Å². The molecule has 17 heavy (non-hydrogen) atoms. The molecule has 84 valence electrons. The van der Waals surface area contributed by atoms with Gasteiger partial charge in [0.25, 0.3) is 0 Å². The minimum atomic E-state index is 0.545. The van der Waals surface area contributed by atoms with Crippen molar-refractivity contribution in [1.29, 1.82) is 5.26 Å². The van der Waals surface area contributed by atoms with E-state index in [1.807, 2.05) is 0 Å². The number of rotatable bonds is 2. The van der Waals surface area contributed by atoms with Crippen LogP contribution in [0.2, 0.25) is 5.02 Å². The van der Waals surface area contributed by atoms with Crippen molar-refractivity contribution in [2.24, 2.45) is 0 Å². The lowest BCUT2D eigenvalue weighted by atomic mass is 10.2. The Morgan fingerprint density at radius 3 is 2.41 bits per heavy atom. The second-order valence-electron chi connectivity index (χ2n) is 3.34. The molecule has 0 aliphatic rings. The van der Waals surface area contributed by atoms with Crippen LogP contribution in [0.5, 0.6) is 11.5 Å². The van der Waals surface area contributed by atoms with Gasteiger partial charge < -0.3 is 4.74 Å². The number of hydrogen-bond donors (Lipinski definition) is 0. The Hall–Kier alpha value is -1.50. The fourth-order valence-corrected chi connectivity index (χ4v) is 1.92. The third-order valence-electron chi connectivity index (χ3n) is 2.05. The zero-order chi connectivity index (χ0) is 12.3. The first-order chi connectivity index (χ1) is 8.17. The van der Waals surface area contributed by atoms with E-state index in [9.17, 15) is 0 Å². The first-order valence-electron chi connectivity index (χ1n) is 4.81. The van der Waals surface area contributed by atoms with Crippen molar-refractivity contribution >= 4 is 27.5 Å². The van der Waals surface area contributed by atoms with Gasteiger partial charge in [-0.25, -0.2) is 0 Å². The summed E-state index contributed by atoms with van der Waals surface area (Å²) < 4.78 is 6.42. The minimum absolute atomic E-state index is 0.545. The van der Waals surface area contributed by atoms with Crippen LogP contribution in [-0.2, 0) is 0 Å². The first-order valence-corrected chi connectivity index (χ1v) is 5.98. The number of ether oxygens (including phenoxy) is 1. The Morgan fingerprint density at radius 1 is 1.06 bits per heavy atom. The molecular weight excluding hydrogens is 302 g/mol. The van der Waals surface area contributed by atoms with Crippen LogP contribution in [0, 0.1) is 11.3 Å². The standard InChI is InChI=1S/C13H7BrClNO/c14-10-5-9(8-16)6-13(7-10)17-12-3-1-11(15)2-4-12/h1-7H. The Bertz CT molecular complexity index is 575. The van der Waals surface area contributed by atoms with Gasteiger partial charge >= 0.3 is 0 Å². The average molecular weight is 309 g/mol. The second-order valence-corrected chi connectivity index (χ2v) is 4.70. The van der Waals surface area contributed by atoms with Crippen LogP contribution in [0.25, 0.3) is 0 Å². The van der Waals surface area contributed by atoms with E-state index in [1.165, 1.54) is 0 Å². The van der Waals surface area contributed by atoms with Gasteiger partial charge in [0.05, 0.1) is 11.6 Å². The molecule has 2 aromatic carbocycles. The van der Waals surface area contributed by atoms with Gasteiger partial charge in [-0.2, -0.15) is 5.26 Å². The lowest BCUT2D eigenvalue weighted by Crippen LogP contribution is -1.85. The van der Waals surface area contributed by atoms with Gasteiger partial charge in [0, 0.05) is 9.50 Å². The number of nitrogens with zero attached hydrogens (tertiary/aromatic N) is 1. The van der Waals surface area contributed by atoms with Gasteiger partial charge in [-0.1, -0.05) is 27.5 Å². The molecule has 0 bridgehead atoms. The summed E-state index contributed by atoms with van der Waals surface area (Å²) in [6, 6.07) is 14.3. The van der Waals surface area contributed by atoms with Crippen LogP contribution in [0.1, 0.15) is 5.56 Å². The van der Waals surface area contributed by atoms with E-state index < -0.39 is 0 Å². The monoisotopic (exact) mass is 307 g/mol. The molecule has 2 nitrogen and oxygen atoms in total. The summed E-state index contributed by atoms with van der Waals surface area (Å²) >= 11 is 9.11. The Morgan fingerprint density at radius 2 is 1.76 bits per heavy atom. The number of halogens is 2. The maximum absolute atomic E-state index is 8.85. The van der Waals surface area contributed by atoms with Crippen molar-refractivity contribution in [3.05, 3.63) is 57.5 Å². The van der Waals surface area contributed by atoms with Gasteiger partial charge in [0.2, 0.25) is 0 Å². The molecule has 0 aliphatic heterocycles. The summed E-state index contributed by atoms with van der Waals surface area (Å²) in [6.07, 6.45) is 0. The van der Waals surface area contributed by atoms with E-state index in [4.69, 9.17) is 21.6 Å². The molecule has 0 aromatic heterocycles. The largest absolute Gasteiger partial charge is 0.457 e. The number of nitriles is 1. The Kier molecular flexibility index (Phi) is 3.68. The number of benzene rings is 2. The Labute approximate surface area is 113 Å². The summed E-state index contributed by atoms with van der Waals surface area (Å²) in [6.45, 7) is 0. The lowest BCUT2D eigenvalue weighted by molar-refractivity contribution is 0.482. The fourth-order valence-electron chi connectivity index (χ4n) is 1.32. The number of hydrogen-bond acceptors (Lipinski definition) is 2. The highest BCUT2D eigenvalue weighted by Crippen LogP contribution is 2.26. The quantitative estimate of drug-likeness (QED) is 0.801. The molecule has 0 spiro atoms. The molecule has 4 heteroatoms. The van der Waals surface area contributed by atoms with Crippen LogP contribution in [0.3, 0.4) is 0 Å². The van der Waals surface area contributed by atoms with Crippen molar-refractivity contribution in [2.75, 3.05) is 0 Å².